The van der Waals surface area contributed by atoms with Crippen LogP contribution in [0.4, 0.5) is 0 Å². The van der Waals surface area contributed by atoms with Crippen LogP contribution in [0.1, 0.15) is 124 Å². The second-order valence-electron chi connectivity index (χ2n) is 13.8. The Balaban J connectivity index is 2.87. The van der Waals surface area contributed by atoms with Gasteiger partial charge in [-0.15, -0.1) is 0 Å². The number of hydrogen-bond donors (Lipinski definition) is 0. The van der Waals surface area contributed by atoms with E-state index in [9.17, 15) is 0 Å². The monoisotopic (exact) mass is 555 g/mol. The highest BCUT2D eigenvalue weighted by Crippen LogP contribution is 2.53. The lowest BCUT2D eigenvalue weighted by molar-refractivity contribution is 0.0485. The first-order valence-electron chi connectivity index (χ1n) is 15.0. The summed E-state index contributed by atoms with van der Waals surface area (Å²) in [7, 11) is 2.35. The van der Waals surface area contributed by atoms with Gasteiger partial charge in [-0.1, -0.05) is 94.3 Å². The normalized spacial score (nSPS) is 13.5. The zero-order chi connectivity index (χ0) is 29.8. The highest BCUT2D eigenvalue weighted by atomic mass is 31.1. The molecule has 0 spiro atoms. The molecule has 0 saturated carbocycles. The first kappa shape index (κ1) is 33.8. The van der Waals surface area contributed by atoms with Crippen LogP contribution in [0.15, 0.2) is 30.3 Å². The molecule has 1 atom stereocenters. The van der Waals surface area contributed by atoms with Gasteiger partial charge in [-0.2, -0.15) is 0 Å². The van der Waals surface area contributed by atoms with Crippen molar-refractivity contribution >= 4 is 13.9 Å². The van der Waals surface area contributed by atoms with Gasteiger partial charge in [-0.25, -0.2) is 0 Å². The van der Waals surface area contributed by atoms with Crippen molar-refractivity contribution in [3.63, 3.8) is 0 Å². The van der Waals surface area contributed by atoms with Crippen LogP contribution in [0.5, 0.6) is 5.75 Å². The molecule has 0 radical (unpaired) electrons. The Bertz CT molecular complexity index is 1060. The molecule has 0 aliphatic rings. The van der Waals surface area contributed by atoms with Gasteiger partial charge >= 0.3 is 0 Å². The van der Waals surface area contributed by atoms with Gasteiger partial charge in [0.25, 0.3) is 0 Å². The van der Waals surface area contributed by atoms with Gasteiger partial charge in [0.2, 0.25) is 0 Å². The fraction of sp³-hybridized carbons (Fsp3) is 0.657. The van der Waals surface area contributed by atoms with Crippen molar-refractivity contribution in [3.8, 4) is 5.75 Å². The van der Waals surface area contributed by atoms with E-state index in [1.54, 1.807) is 7.11 Å². The van der Waals surface area contributed by atoms with Crippen molar-refractivity contribution in [2.45, 2.75) is 137 Å². The molecule has 220 valence electrons. The molecule has 0 fully saturated rings. The minimum absolute atomic E-state index is 0.0354. The van der Waals surface area contributed by atoms with Gasteiger partial charge in [0.05, 0.1) is 0 Å². The molecule has 0 aliphatic heterocycles. The number of aryl methyl sites for hydroxylation is 1. The van der Waals surface area contributed by atoms with E-state index in [1.807, 2.05) is 0 Å². The van der Waals surface area contributed by atoms with Gasteiger partial charge in [0.1, 0.15) is 5.75 Å². The molecular formula is C35H58NO2P. The Morgan fingerprint density at radius 1 is 0.846 bits per heavy atom. The maximum atomic E-state index is 6.52. The molecule has 0 aromatic heterocycles. The number of hydrogen-bond acceptors (Lipinski definition) is 3. The maximum Gasteiger partial charge on any atom is 0.188 e. The first-order chi connectivity index (χ1) is 18.0. The topological polar surface area (TPSA) is 21.7 Å². The van der Waals surface area contributed by atoms with Crippen LogP contribution >= 0.6 is 8.58 Å². The maximum absolute atomic E-state index is 6.52. The molecule has 39 heavy (non-hydrogen) atoms. The highest BCUT2D eigenvalue weighted by molar-refractivity contribution is 7.48. The molecule has 0 heterocycles. The summed E-state index contributed by atoms with van der Waals surface area (Å²) in [5.41, 5.74) is 6.83. The number of nitrogens with zero attached hydrogens (tertiary/aromatic N) is 1. The summed E-state index contributed by atoms with van der Waals surface area (Å²) in [5, 5.41) is 1.48. The summed E-state index contributed by atoms with van der Waals surface area (Å²) >= 11 is 0. The van der Waals surface area contributed by atoms with Crippen LogP contribution in [0.2, 0.25) is 0 Å². The smallest absolute Gasteiger partial charge is 0.188 e. The zero-order valence-electron chi connectivity index (χ0n) is 27.6. The summed E-state index contributed by atoms with van der Waals surface area (Å²) in [5.74, 6) is 1.02. The molecule has 4 heteroatoms. The van der Waals surface area contributed by atoms with Crippen LogP contribution in [0.25, 0.3) is 0 Å². The predicted octanol–water partition coefficient (Wildman–Crippen LogP) is 9.21. The van der Waals surface area contributed by atoms with E-state index in [-0.39, 0.29) is 22.8 Å². The summed E-state index contributed by atoms with van der Waals surface area (Å²) in [4.78, 5) is 2.60. The van der Waals surface area contributed by atoms with Crippen LogP contribution in [-0.4, -0.2) is 30.9 Å². The molecule has 0 N–H and O–H groups in total. The van der Waals surface area contributed by atoms with Crippen molar-refractivity contribution in [3.05, 3.63) is 58.1 Å². The third kappa shape index (κ3) is 8.08. The minimum Gasteiger partial charge on any atom is -0.467 e. The molecule has 2 aromatic rings. The molecule has 0 amide bonds. The van der Waals surface area contributed by atoms with Crippen molar-refractivity contribution in [1.29, 1.82) is 0 Å². The Morgan fingerprint density at radius 2 is 1.41 bits per heavy atom. The third-order valence-corrected chi connectivity index (χ3v) is 10.6. The third-order valence-electron chi connectivity index (χ3n) is 8.21. The van der Waals surface area contributed by atoms with E-state index >= 15 is 0 Å². The van der Waals surface area contributed by atoms with Crippen molar-refractivity contribution in [2.24, 2.45) is 0 Å². The van der Waals surface area contributed by atoms with Crippen molar-refractivity contribution in [2.75, 3.05) is 13.9 Å². The fourth-order valence-corrected chi connectivity index (χ4v) is 7.32. The largest absolute Gasteiger partial charge is 0.467 e. The second kappa shape index (κ2) is 13.5. The number of benzene rings is 2. The average molecular weight is 556 g/mol. The van der Waals surface area contributed by atoms with E-state index in [0.717, 1.165) is 25.1 Å². The minimum atomic E-state index is -0.0573. The summed E-state index contributed by atoms with van der Waals surface area (Å²) in [6.07, 6.45) is 2.10. The zero-order valence-corrected chi connectivity index (χ0v) is 28.6. The Hall–Kier alpha value is -1.41. The Morgan fingerprint density at radius 3 is 1.87 bits per heavy atom. The van der Waals surface area contributed by atoms with E-state index < -0.39 is 0 Å². The summed E-state index contributed by atoms with van der Waals surface area (Å²) in [6.45, 7) is 31.4. The molecule has 0 aliphatic carbocycles. The average Bonchev–Trinajstić information content (AvgIpc) is 2.84. The molecule has 0 bridgehead atoms. The molecule has 0 saturated heterocycles. The predicted molar refractivity (Wildman–Crippen MR) is 174 cm³/mol. The van der Waals surface area contributed by atoms with E-state index in [0.29, 0.717) is 20.7 Å². The number of rotatable bonds is 12. The first-order valence-corrected chi connectivity index (χ1v) is 16.0. The lowest BCUT2D eigenvalue weighted by Gasteiger charge is -2.39. The standard InChI is InChI=1S/C35H58NO2P/c1-15-35(16-2,39-32-26(7)18-17-19-27(32)22-36(24(3)4)25(5)6)30-21-28(33(8,9)10)20-29(34(11,12)13)31(30)38-23-37-14/h17-21,24-25,39H,15-16,22-23H2,1-14H3. The quantitative estimate of drug-likeness (QED) is 0.192. The van der Waals surface area contributed by atoms with Crippen LogP contribution in [0.3, 0.4) is 0 Å². The molecule has 3 nitrogen and oxygen atoms in total. The number of methoxy groups -OCH3 is 1. The van der Waals surface area contributed by atoms with E-state index in [4.69, 9.17) is 9.47 Å². The molecule has 2 aromatic carbocycles. The molecular weight excluding hydrogens is 497 g/mol. The Kier molecular flexibility index (Phi) is 11.7. The highest BCUT2D eigenvalue weighted by Gasteiger charge is 2.37. The van der Waals surface area contributed by atoms with Crippen molar-refractivity contribution in [1.82, 2.24) is 4.90 Å². The van der Waals surface area contributed by atoms with Crippen LogP contribution < -0.4 is 10.0 Å². The second-order valence-corrected chi connectivity index (χ2v) is 15.5. The lowest BCUT2D eigenvalue weighted by Crippen LogP contribution is -2.38. The van der Waals surface area contributed by atoms with Gasteiger partial charge in [-0.3, -0.25) is 4.90 Å². The van der Waals surface area contributed by atoms with Gasteiger partial charge in [-0.05, 0) is 80.3 Å². The Labute approximate surface area is 243 Å². The number of ether oxygens (including phenoxy) is 2. The van der Waals surface area contributed by atoms with Crippen molar-refractivity contribution < 1.29 is 9.47 Å². The van der Waals surface area contributed by atoms with Crippen LogP contribution in [-0.2, 0) is 27.3 Å². The summed E-state index contributed by atoms with van der Waals surface area (Å²) in [6, 6.07) is 12.7. The van der Waals surface area contributed by atoms with Gasteiger partial charge in [0, 0.05) is 42.0 Å². The van der Waals surface area contributed by atoms with Gasteiger partial charge in [0.15, 0.2) is 6.79 Å². The van der Waals surface area contributed by atoms with Crippen LogP contribution in [0, 0.1) is 6.92 Å². The van der Waals surface area contributed by atoms with Gasteiger partial charge < -0.3 is 9.47 Å². The van der Waals surface area contributed by atoms with E-state index in [2.05, 4.69) is 125 Å². The fourth-order valence-electron chi connectivity index (χ4n) is 5.56. The molecule has 2 rings (SSSR count). The lowest BCUT2D eigenvalue weighted by atomic mass is 9.76. The molecule has 1 unspecified atom stereocenters. The summed E-state index contributed by atoms with van der Waals surface area (Å²) < 4.78 is 12.0. The van der Waals surface area contributed by atoms with E-state index in [1.165, 1.54) is 33.1 Å². The SMILES string of the molecule is CCC(CC)(Pc1c(C)cccc1CN(C(C)C)C(C)C)c1cc(C(C)(C)C)cc(C(C)(C)C)c1OCOC.